The van der Waals surface area contributed by atoms with E-state index in [0.29, 0.717) is 0 Å². The first-order chi connectivity index (χ1) is 6.81. The van der Waals surface area contributed by atoms with Crippen LogP contribution in [-0.4, -0.2) is 13.1 Å². The largest absolute Gasteiger partial charge is 0.371 e. The summed E-state index contributed by atoms with van der Waals surface area (Å²) < 4.78 is 0. The van der Waals surface area contributed by atoms with Gasteiger partial charge in [-0.2, -0.15) is 5.26 Å². The zero-order valence-electron chi connectivity index (χ0n) is 8.45. The molecule has 2 nitrogen and oxygen atoms in total. The van der Waals surface area contributed by atoms with E-state index in [9.17, 15) is 0 Å². The molecule has 1 aliphatic heterocycles. The van der Waals surface area contributed by atoms with Gasteiger partial charge in [0, 0.05) is 18.8 Å². The van der Waals surface area contributed by atoms with Gasteiger partial charge in [-0.1, -0.05) is 6.07 Å². The topological polar surface area (TPSA) is 27.0 Å². The van der Waals surface area contributed by atoms with Crippen LogP contribution >= 0.6 is 0 Å². The summed E-state index contributed by atoms with van der Waals surface area (Å²) in [6.45, 7) is 4.24. The minimum atomic E-state index is 0.800. The second kappa shape index (κ2) is 3.71. The molecule has 0 aromatic heterocycles. The van der Waals surface area contributed by atoms with Crippen LogP contribution < -0.4 is 4.90 Å². The fourth-order valence-electron chi connectivity index (χ4n) is 1.90. The lowest BCUT2D eigenvalue weighted by molar-refractivity contribution is 0.949. The fourth-order valence-corrected chi connectivity index (χ4v) is 1.90. The molecule has 0 unspecified atom stereocenters. The SMILES string of the molecule is Cc1ccc(N2CCCC2)cc1C#N. The molecule has 1 heterocycles. The van der Waals surface area contributed by atoms with Gasteiger partial charge >= 0.3 is 0 Å². The molecule has 2 rings (SSSR count). The van der Waals surface area contributed by atoms with E-state index in [2.05, 4.69) is 17.0 Å². The van der Waals surface area contributed by atoms with Crippen molar-refractivity contribution in [3.63, 3.8) is 0 Å². The van der Waals surface area contributed by atoms with Crippen molar-refractivity contribution >= 4 is 5.69 Å². The average molecular weight is 186 g/mol. The molecule has 0 aliphatic carbocycles. The highest BCUT2D eigenvalue weighted by Gasteiger charge is 2.12. The van der Waals surface area contributed by atoms with Crippen LogP contribution in [0.1, 0.15) is 24.0 Å². The number of hydrogen-bond acceptors (Lipinski definition) is 2. The Hall–Kier alpha value is -1.49. The minimum absolute atomic E-state index is 0.800. The van der Waals surface area contributed by atoms with E-state index in [1.807, 2.05) is 19.1 Å². The third-order valence-corrected chi connectivity index (χ3v) is 2.81. The van der Waals surface area contributed by atoms with Crippen molar-refractivity contribution in [2.75, 3.05) is 18.0 Å². The first-order valence-electron chi connectivity index (χ1n) is 5.07. The lowest BCUT2D eigenvalue weighted by atomic mass is 10.1. The monoisotopic (exact) mass is 186 g/mol. The van der Waals surface area contributed by atoms with Crippen LogP contribution in [0.4, 0.5) is 5.69 Å². The number of aryl methyl sites for hydroxylation is 1. The Morgan fingerprint density at radius 1 is 1.29 bits per heavy atom. The highest BCUT2D eigenvalue weighted by Crippen LogP contribution is 2.22. The maximum Gasteiger partial charge on any atom is 0.0995 e. The van der Waals surface area contributed by atoms with Gasteiger partial charge in [0.25, 0.3) is 0 Å². The van der Waals surface area contributed by atoms with E-state index in [1.54, 1.807) is 0 Å². The third kappa shape index (κ3) is 1.58. The van der Waals surface area contributed by atoms with Gasteiger partial charge in [-0.15, -0.1) is 0 Å². The summed E-state index contributed by atoms with van der Waals surface area (Å²) in [6.07, 6.45) is 2.55. The Bertz CT molecular complexity index is 370. The van der Waals surface area contributed by atoms with Gasteiger partial charge in [-0.05, 0) is 37.5 Å². The van der Waals surface area contributed by atoms with Gasteiger partial charge in [0.15, 0.2) is 0 Å². The number of benzene rings is 1. The van der Waals surface area contributed by atoms with Gasteiger partial charge in [-0.25, -0.2) is 0 Å². The summed E-state index contributed by atoms with van der Waals surface area (Å²) >= 11 is 0. The fraction of sp³-hybridized carbons (Fsp3) is 0.417. The summed E-state index contributed by atoms with van der Waals surface area (Å²) in [5.74, 6) is 0. The first-order valence-corrected chi connectivity index (χ1v) is 5.07. The molecule has 14 heavy (non-hydrogen) atoms. The average Bonchev–Trinajstić information content (AvgIpc) is 2.71. The van der Waals surface area contributed by atoms with E-state index in [1.165, 1.54) is 18.5 Å². The van der Waals surface area contributed by atoms with Gasteiger partial charge in [-0.3, -0.25) is 0 Å². The molecule has 0 spiro atoms. The summed E-state index contributed by atoms with van der Waals surface area (Å²) in [7, 11) is 0. The first kappa shape index (κ1) is 9.08. The molecule has 0 amide bonds. The standard InChI is InChI=1S/C12H14N2/c1-10-4-5-12(8-11(10)9-13)14-6-2-3-7-14/h4-5,8H,2-3,6-7H2,1H3. The molecule has 1 saturated heterocycles. The second-order valence-electron chi connectivity index (χ2n) is 3.81. The zero-order valence-corrected chi connectivity index (χ0v) is 8.45. The van der Waals surface area contributed by atoms with Gasteiger partial charge in [0.05, 0.1) is 11.6 Å². The van der Waals surface area contributed by atoms with Crippen LogP contribution in [-0.2, 0) is 0 Å². The van der Waals surface area contributed by atoms with Gasteiger partial charge < -0.3 is 4.90 Å². The van der Waals surface area contributed by atoms with Crippen LogP contribution in [0.25, 0.3) is 0 Å². The van der Waals surface area contributed by atoms with E-state index >= 15 is 0 Å². The van der Waals surface area contributed by atoms with E-state index < -0.39 is 0 Å². The highest BCUT2D eigenvalue weighted by molar-refractivity contribution is 5.54. The predicted octanol–water partition coefficient (Wildman–Crippen LogP) is 2.47. The van der Waals surface area contributed by atoms with Crippen molar-refractivity contribution in [1.29, 1.82) is 5.26 Å². The number of anilines is 1. The molecular weight excluding hydrogens is 172 g/mol. The van der Waals surface area contributed by atoms with E-state index in [0.717, 1.165) is 24.2 Å². The van der Waals surface area contributed by atoms with Crippen LogP contribution in [0.2, 0.25) is 0 Å². The number of nitriles is 1. The molecule has 0 radical (unpaired) electrons. The van der Waals surface area contributed by atoms with E-state index in [-0.39, 0.29) is 0 Å². The molecule has 1 aliphatic rings. The van der Waals surface area contributed by atoms with Crippen LogP contribution in [0.15, 0.2) is 18.2 Å². The zero-order chi connectivity index (χ0) is 9.97. The highest BCUT2D eigenvalue weighted by atomic mass is 15.1. The van der Waals surface area contributed by atoms with Crippen molar-refractivity contribution < 1.29 is 0 Å². The Morgan fingerprint density at radius 3 is 2.64 bits per heavy atom. The van der Waals surface area contributed by atoms with Crippen molar-refractivity contribution in [1.82, 2.24) is 0 Å². The summed E-state index contributed by atoms with van der Waals surface area (Å²) in [6, 6.07) is 8.38. The van der Waals surface area contributed by atoms with Crippen molar-refractivity contribution in [2.24, 2.45) is 0 Å². The van der Waals surface area contributed by atoms with Crippen molar-refractivity contribution in [2.45, 2.75) is 19.8 Å². The lowest BCUT2D eigenvalue weighted by Gasteiger charge is -2.17. The molecule has 0 bridgehead atoms. The lowest BCUT2D eigenvalue weighted by Crippen LogP contribution is -2.17. The molecule has 1 aromatic carbocycles. The summed E-state index contributed by atoms with van der Waals surface area (Å²) in [5, 5.41) is 8.92. The maximum atomic E-state index is 8.92. The molecule has 0 N–H and O–H groups in total. The third-order valence-electron chi connectivity index (χ3n) is 2.81. The molecular formula is C12H14N2. The van der Waals surface area contributed by atoms with E-state index in [4.69, 9.17) is 5.26 Å². The molecule has 1 fully saturated rings. The van der Waals surface area contributed by atoms with Crippen LogP contribution in [0.3, 0.4) is 0 Å². The Labute approximate surface area is 84.8 Å². The quantitative estimate of drug-likeness (QED) is 0.673. The van der Waals surface area contributed by atoms with Crippen molar-refractivity contribution in [3.8, 4) is 6.07 Å². The summed E-state index contributed by atoms with van der Waals surface area (Å²) in [5.41, 5.74) is 3.06. The molecule has 0 atom stereocenters. The Balaban J connectivity index is 2.31. The number of hydrogen-bond donors (Lipinski definition) is 0. The summed E-state index contributed by atoms with van der Waals surface area (Å²) in [4.78, 5) is 2.35. The number of nitrogens with zero attached hydrogens (tertiary/aromatic N) is 2. The maximum absolute atomic E-state index is 8.92. The predicted molar refractivity (Wildman–Crippen MR) is 57.3 cm³/mol. The minimum Gasteiger partial charge on any atom is -0.371 e. The number of rotatable bonds is 1. The Kier molecular flexibility index (Phi) is 2.41. The van der Waals surface area contributed by atoms with Crippen LogP contribution in [0.5, 0.6) is 0 Å². The molecule has 2 heteroatoms. The second-order valence-corrected chi connectivity index (χ2v) is 3.81. The van der Waals surface area contributed by atoms with Crippen LogP contribution in [0, 0.1) is 18.3 Å². The molecule has 0 saturated carbocycles. The Morgan fingerprint density at radius 2 is 2.00 bits per heavy atom. The normalized spacial score (nSPS) is 15.6. The van der Waals surface area contributed by atoms with Gasteiger partial charge in [0.1, 0.15) is 0 Å². The smallest absolute Gasteiger partial charge is 0.0995 e. The van der Waals surface area contributed by atoms with Crippen molar-refractivity contribution in [3.05, 3.63) is 29.3 Å². The molecule has 1 aromatic rings. The molecule has 72 valence electrons. The van der Waals surface area contributed by atoms with Gasteiger partial charge in [0.2, 0.25) is 0 Å².